The molecule has 0 aromatic heterocycles. The Morgan fingerprint density at radius 2 is 2.18 bits per heavy atom. The number of aromatic hydroxyl groups is 1. The van der Waals surface area contributed by atoms with E-state index < -0.39 is 0 Å². The van der Waals surface area contributed by atoms with Crippen molar-refractivity contribution in [3.63, 3.8) is 0 Å². The zero-order valence-electron chi connectivity index (χ0n) is 9.62. The predicted molar refractivity (Wildman–Crippen MR) is 73.1 cm³/mol. The summed E-state index contributed by atoms with van der Waals surface area (Å²) >= 11 is 9.28. The van der Waals surface area contributed by atoms with Crippen LogP contribution >= 0.6 is 27.5 Å². The van der Waals surface area contributed by atoms with Crippen LogP contribution in [-0.2, 0) is 0 Å². The van der Waals surface area contributed by atoms with E-state index in [1.165, 1.54) is 18.2 Å². The molecule has 0 saturated heterocycles. The third kappa shape index (κ3) is 3.89. The Kier molecular flexibility index (Phi) is 5.78. The van der Waals surface area contributed by atoms with Crippen molar-refractivity contribution in [1.29, 1.82) is 0 Å². The van der Waals surface area contributed by atoms with E-state index in [0.717, 1.165) is 11.8 Å². The molecule has 0 aliphatic carbocycles. The van der Waals surface area contributed by atoms with Crippen LogP contribution in [0.4, 0.5) is 0 Å². The molecular formula is C12H15BrClNO2. The quantitative estimate of drug-likeness (QED) is 0.846. The largest absolute Gasteiger partial charge is 0.508 e. The lowest BCUT2D eigenvalue weighted by molar-refractivity contribution is 0.0766. The first-order chi connectivity index (χ1) is 8.10. The maximum absolute atomic E-state index is 12.2. The molecule has 1 N–H and O–H groups in total. The fraction of sp³-hybridized carbons (Fsp3) is 0.417. The zero-order valence-corrected chi connectivity index (χ0v) is 12.0. The first kappa shape index (κ1) is 14.3. The standard InChI is InChI=1S/C12H15BrClNO2/c1-2-6-15(7-5-13)12(17)10-8-9(16)3-4-11(10)14/h3-4,8,16H,2,5-7H2,1H3. The normalized spacial score (nSPS) is 10.3. The molecule has 94 valence electrons. The number of rotatable bonds is 5. The van der Waals surface area contributed by atoms with Gasteiger partial charge in [0.15, 0.2) is 0 Å². The summed E-state index contributed by atoms with van der Waals surface area (Å²) in [6, 6.07) is 4.40. The minimum atomic E-state index is -0.146. The van der Waals surface area contributed by atoms with Crippen molar-refractivity contribution in [2.24, 2.45) is 0 Å². The van der Waals surface area contributed by atoms with Crippen LogP contribution in [0.25, 0.3) is 0 Å². The van der Waals surface area contributed by atoms with E-state index in [1.807, 2.05) is 6.92 Å². The molecule has 0 radical (unpaired) electrons. The van der Waals surface area contributed by atoms with Gasteiger partial charge in [0.1, 0.15) is 5.75 Å². The van der Waals surface area contributed by atoms with Crippen molar-refractivity contribution in [2.75, 3.05) is 18.4 Å². The van der Waals surface area contributed by atoms with Crippen molar-refractivity contribution in [3.8, 4) is 5.75 Å². The van der Waals surface area contributed by atoms with E-state index in [4.69, 9.17) is 11.6 Å². The number of nitrogens with zero attached hydrogens (tertiary/aromatic N) is 1. The summed E-state index contributed by atoms with van der Waals surface area (Å²) in [4.78, 5) is 13.9. The number of hydrogen-bond donors (Lipinski definition) is 1. The number of carbonyl (C=O) groups is 1. The Morgan fingerprint density at radius 3 is 2.76 bits per heavy atom. The van der Waals surface area contributed by atoms with Gasteiger partial charge in [0.2, 0.25) is 0 Å². The average molecular weight is 321 g/mol. The lowest BCUT2D eigenvalue weighted by Gasteiger charge is -2.21. The summed E-state index contributed by atoms with van der Waals surface area (Å²) in [7, 11) is 0. The summed E-state index contributed by atoms with van der Waals surface area (Å²) in [5.41, 5.74) is 0.348. The number of alkyl halides is 1. The van der Waals surface area contributed by atoms with Gasteiger partial charge < -0.3 is 10.0 Å². The Hall–Kier alpha value is -0.740. The summed E-state index contributed by atoms with van der Waals surface area (Å²) in [5, 5.41) is 10.5. The number of amides is 1. The second kappa shape index (κ2) is 6.87. The van der Waals surface area contributed by atoms with Crippen LogP contribution in [0.2, 0.25) is 5.02 Å². The van der Waals surface area contributed by atoms with Crippen molar-refractivity contribution in [2.45, 2.75) is 13.3 Å². The summed E-state index contributed by atoms with van der Waals surface area (Å²) in [6.45, 7) is 3.31. The number of phenols is 1. The molecule has 0 atom stereocenters. The first-order valence-electron chi connectivity index (χ1n) is 5.44. The van der Waals surface area contributed by atoms with Gasteiger partial charge in [-0.15, -0.1) is 0 Å². The molecule has 3 nitrogen and oxygen atoms in total. The monoisotopic (exact) mass is 319 g/mol. The second-order valence-corrected chi connectivity index (χ2v) is 4.85. The van der Waals surface area contributed by atoms with E-state index in [0.29, 0.717) is 23.7 Å². The molecule has 1 aromatic carbocycles. The second-order valence-electron chi connectivity index (χ2n) is 3.65. The van der Waals surface area contributed by atoms with Crippen LogP contribution in [0.15, 0.2) is 18.2 Å². The Balaban J connectivity index is 2.95. The van der Waals surface area contributed by atoms with E-state index in [2.05, 4.69) is 15.9 Å². The molecule has 0 spiro atoms. The minimum absolute atomic E-state index is 0.0491. The van der Waals surface area contributed by atoms with Crippen molar-refractivity contribution < 1.29 is 9.90 Å². The van der Waals surface area contributed by atoms with E-state index in [-0.39, 0.29) is 11.7 Å². The summed E-state index contributed by atoms with van der Waals surface area (Å²) < 4.78 is 0. The van der Waals surface area contributed by atoms with Gasteiger partial charge in [0, 0.05) is 18.4 Å². The Morgan fingerprint density at radius 1 is 1.47 bits per heavy atom. The zero-order chi connectivity index (χ0) is 12.8. The highest BCUT2D eigenvalue weighted by atomic mass is 79.9. The third-order valence-electron chi connectivity index (χ3n) is 2.32. The smallest absolute Gasteiger partial charge is 0.255 e. The fourth-order valence-electron chi connectivity index (χ4n) is 1.53. The lowest BCUT2D eigenvalue weighted by atomic mass is 10.2. The van der Waals surface area contributed by atoms with E-state index in [1.54, 1.807) is 4.90 Å². The maximum Gasteiger partial charge on any atom is 0.255 e. The van der Waals surface area contributed by atoms with Gasteiger partial charge in [-0.25, -0.2) is 0 Å². The fourth-order valence-corrected chi connectivity index (χ4v) is 2.16. The van der Waals surface area contributed by atoms with E-state index in [9.17, 15) is 9.90 Å². The number of hydrogen-bond acceptors (Lipinski definition) is 2. The number of carbonyl (C=O) groups excluding carboxylic acids is 1. The van der Waals surface area contributed by atoms with Gasteiger partial charge in [-0.2, -0.15) is 0 Å². The Labute approximate surface area is 115 Å². The average Bonchev–Trinajstić information content (AvgIpc) is 2.31. The van der Waals surface area contributed by atoms with E-state index >= 15 is 0 Å². The van der Waals surface area contributed by atoms with Crippen LogP contribution in [0.5, 0.6) is 5.75 Å². The van der Waals surface area contributed by atoms with Crippen molar-refractivity contribution >= 4 is 33.4 Å². The van der Waals surface area contributed by atoms with Gasteiger partial charge in [-0.3, -0.25) is 4.79 Å². The van der Waals surface area contributed by atoms with Crippen LogP contribution in [0.1, 0.15) is 23.7 Å². The number of phenolic OH excluding ortho intramolecular Hbond substituents is 1. The van der Waals surface area contributed by atoms with Crippen molar-refractivity contribution in [1.82, 2.24) is 4.90 Å². The summed E-state index contributed by atoms with van der Waals surface area (Å²) in [5.74, 6) is -0.0970. The molecule has 0 unspecified atom stereocenters. The molecule has 1 rings (SSSR count). The topological polar surface area (TPSA) is 40.5 Å². The van der Waals surface area contributed by atoms with Crippen LogP contribution < -0.4 is 0 Å². The van der Waals surface area contributed by atoms with Gasteiger partial charge >= 0.3 is 0 Å². The molecule has 0 aliphatic heterocycles. The highest BCUT2D eigenvalue weighted by molar-refractivity contribution is 9.09. The molecule has 5 heteroatoms. The Bertz CT molecular complexity index is 392. The molecule has 1 amide bonds. The third-order valence-corrected chi connectivity index (χ3v) is 3.00. The van der Waals surface area contributed by atoms with Gasteiger partial charge in [0.05, 0.1) is 10.6 Å². The maximum atomic E-state index is 12.2. The molecule has 0 bridgehead atoms. The van der Waals surface area contributed by atoms with Gasteiger partial charge in [-0.1, -0.05) is 34.5 Å². The number of benzene rings is 1. The summed E-state index contributed by atoms with van der Waals surface area (Å²) in [6.07, 6.45) is 0.884. The van der Waals surface area contributed by atoms with Crippen LogP contribution in [0, 0.1) is 0 Å². The molecule has 0 fully saturated rings. The molecule has 0 saturated carbocycles. The molecule has 17 heavy (non-hydrogen) atoms. The molecule has 1 aromatic rings. The van der Waals surface area contributed by atoms with Crippen molar-refractivity contribution in [3.05, 3.63) is 28.8 Å². The minimum Gasteiger partial charge on any atom is -0.508 e. The highest BCUT2D eigenvalue weighted by Gasteiger charge is 2.17. The van der Waals surface area contributed by atoms with Crippen LogP contribution in [0.3, 0.4) is 0 Å². The highest BCUT2D eigenvalue weighted by Crippen LogP contribution is 2.22. The van der Waals surface area contributed by atoms with Crippen LogP contribution in [-0.4, -0.2) is 34.3 Å². The predicted octanol–water partition coefficient (Wildman–Crippen LogP) is 3.29. The molecule has 0 aliphatic rings. The lowest BCUT2D eigenvalue weighted by Crippen LogP contribution is -2.33. The van der Waals surface area contributed by atoms with Gasteiger partial charge in [-0.05, 0) is 24.6 Å². The molecular weight excluding hydrogens is 305 g/mol. The molecule has 0 heterocycles. The first-order valence-corrected chi connectivity index (χ1v) is 6.93. The SMILES string of the molecule is CCCN(CCBr)C(=O)c1cc(O)ccc1Cl. The number of halogens is 2. The van der Waals surface area contributed by atoms with Gasteiger partial charge in [0.25, 0.3) is 5.91 Å².